The smallest absolute Gasteiger partial charge is 0.308 e. The average Bonchev–Trinajstić information content (AvgIpc) is 1.84. The van der Waals surface area contributed by atoms with Crippen LogP contribution in [-0.2, 0) is 9.53 Å². The molecule has 0 aliphatic carbocycles. The minimum Gasteiger partial charge on any atom is -0.465 e. The van der Waals surface area contributed by atoms with E-state index in [2.05, 4.69) is 18.8 Å². The number of carbonyl (C=O) groups is 1. The van der Waals surface area contributed by atoms with Crippen LogP contribution in [0.15, 0.2) is 0 Å². The molecule has 0 fully saturated rings. The van der Waals surface area contributed by atoms with Crippen molar-refractivity contribution in [1.29, 1.82) is 0 Å². The van der Waals surface area contributed by atoms with E-state index in [0.29, 0.717) is 6.61 Å². The Morgan fingerprint density at radius 3 is 2.17 bits per heavy atom. The van der Waals surface area contributed by atoms with Crippen LogP contribution in [0.25, 0.3) is 0 Å². The highest BCUT2D eigenvalue weighted by molar-refractivity contribution is 8.32. The van der Waals surface area contributed by atoms with Crippen LogP contribution in [-0.4, -0.2) is 37.1 Å². The zero-order valence-electron chi connectivity index (χ0n) is 8.72. The van der Waals surface area contributed by atoms with E-state index in [-0.39, 0.29) is 11.9 Å². The van der Waals surface area contributed by atoms with Gasteiger partial charge in [0.25, 0.3) is 0 Å². The van der Waals surface area contributed by atoms with Gasteiger partial charge in [0.05, 0.1) is 12.5 Å². The maximum Gasteiger partial charge on any atom is 0.308 e. The molecule has 0 spiro atoms. The normalized spacial score (nSPS) is 13.2. The van der Waals surface area contributed by atoms with E-state index in [4.69, 9.17) is 4.74 Å². The molecule has 0 aliphatic rings. The van der Waals surface area contributed by atoms with Gasteiger partial charge in [-0.05, 0) is 18.8 Å². The summed E-state index contributed by atoms with van der Waals surface area (Å²) in [5.74, 6) is 0.921. The minimum atomic E-state index is -0.523. The largest absolute Gasteiger partial charge is 0.465 e. The molecule has 0 aromatic heterocycles. The Hall–Kier alpha value is -0.180. The lowest BCUT2D eigenvalue weighted by molar-refractivity contribution is -0.146. The number of carbonyl (C=O) groups excluding carboxylic acids is 1. The molecular formula is C9H20O2S. The molecule has 0 atom stereocenters. The number of hydrogen-bond acceptors (Lipinski definition) is 2. The van der Waals surface area contributed by atoms with Crippen molar-refractivity contribution >= 4 is 16.0 Å². The molecule has 0 saturated carbocycles. The molecule has 3 heteroatoms. The molecule has 0 amide bonds. The number of esters is 1. The summed E-state index contributed by atoms with van der Waals surface area (Å²) >= 11 is 0. The van der Waals surface area contributed by atoms with Crippen molar-refractivity contribution in [1.82, 2.24) is 0 Å². The van der Waals surface area contributed by atoms with Gasteiger partial charge in [0.1, 0.15) is 0 Å². The zero-order valence-corrected chi connectivity index (χ0v) is 9.53. The molecule has 0 N–H and O–H groups in total. The summed E-state index contributed by atoms with van der Waals surface area (Å²) in [6, 6.07) is 0. The van der Waals surface area contributed by atoms with Crippen LogP contribution in [0.5, 0.6) is 0 Å². The van der Waals surface area contributed by atoms with Gasteiger partial charge in [-0.25, -0.2) is 10.0 Å². The molecule has 0 radical (unpaired) electrons. The summed E-state index contributed by atoms with van der Waals surface area (Å²) < 4.78 is 5.06. The predicted octanol–water partition coefficient (Wildman–Crippen LogP) is 1.88. The maximum atomic E-state index is 11.0. The third-order valence-corrected chi connectivity index (χ3v) is 2.80. The van der Waals surface area contributed by atoms with Gasteiger partial charge in [0.15, 0.2) is 0 Å². The standard InChI is InChI=1S/C9H20O2S/c1-8(2)9(10)11-6-7-12(3,4)5/h8H,6-7H2,1-5H3. The van der Waals surface area contributed by atoms with Gasteiger partial charge >= 0.3 is 5.97 Å². The van der Waals surface area contributed by atoms with E-state index in [1.54, 1.807) is 0 Å². The van der Waals surface area contributed by atoms with Gasteiger partial charge in [-0.3, -0.25) is 4.79 Å². The highest BCUT2D eigenvalue weighted by Crippen LogP contribution is 2.33. The molecule has 0 aromatic carbocycles. The summed E-state index contributed by atoms with van der Waals surface area (Å²) in [5.41, 5.74) is 0. The van der Waals surface area contributed by atoms with Gasteiger partial charge in [-0.2, -0.15) is 0 Å². The molecule has 0 saturated heterocycles. The molecule has 74 valence electrons. The quantitative estimate of drug-likeness (QED) is 0.636. The molecule has 0 aliphatic heterocycles. The molecule has 0 heterocycles. The molecule has 0 aromatic rings. The lowest BCUT2D eigenvalue weighted by Crippen LogP contribution is -2.16. The predicted molar refractivity (Wildman–Crippen MR) is 56.0 cm³/mol. The fourth-order valence-electron chi connectivity index (χ4n) is 0.559. The lowest BCUT2D eigenvalue weighted by atomic mass is 10.2. The van der Waals surface area contributed by atoms with E-state index in [9.17, 15) is 4.79 Å². The van der Waals surface area contributed by atoms with Crippen LogP contribution in [0.2, 0.25) is 0 Å². The summed E-state index contributed by atoms with van der Waals surface area (Å²) in [6.07, 6.45) is 6.66. The summed E-state index contributed by atoms with van der Waals surface area (Å²) in [5, 5.41) is 0. The fraction of sp³-hybridized carbons (Fsp3) is 0.889. The van der Waals surface area contributed by atoms with E-state index in [1.807, 2.05) is 13.8 Å². The van der Waals surface area contributed by atoms with Gasteiger partial charge in [0.2, 0.25) is 0 Å². The zero-order chi connectivity index (χ0) is 9.78. The van der Waals surface area contributed by atoms with Crippen molar-refractivity contribution in [2.75, 3.05) is 31.1 Å². The van der Waals surface area contributed by atoms with E-state index in [1.165, 1.54) is 0 Å². The lowest BCUT2D eigenvalue weighted by Gasteiger charge is -2.24. The third kappa shape index (κ3) is 6.53. The topological polar surface area (TPSA) is 26.3 Å². The van der Waals surface area contributed by atoms with Gasteiger partial charge < -0.3 is 4.74 Å². The third-order valence-electron chi connectivity index (χ3n) is 1.41. The van der Waals surface area contributed by atoms with Crippen molar-refractivity contribution in [3.63, 3.8) is 0 Å². The highest BCUT2D eigenvalue weighted by atomic mass is 32.3. The second-order valence-electron chi connectivity index (χ2n) is 4.12. The Morgan fingerprint density at radius 2 is 1.83 bits per heavy atom. The van der Waals surface area contributed by atoms with Crippen molar-refractivity contribution in [2.45, 2.75) is 13.8 Å². The fourth-order valence-corrected chi connectivity index (χ4v) is 1.14. The van der Waals surface area contributed by atoms with Crippen LogP contribution >= 0.6 is 10.0 Å². The van der Waals surface area contributed by atoms with Crippen molar-refractivity contribution in [3.8, 4) is 0 Å². The van der Waals surface area contributed by atoms with Crippen molar-refractivity contribution in [3.05, 3.63) is 0 Å². The Bertz CT molecular complexity index is 147. The Labute approximate surface area is 77.0 Å². The molecule has 0 rings (SSSR count). The first kappa shape index (κ1) is 11.8. The van der Waals surface area contributed by atoms with Crippen LogP contribution < -0.4 is 0 Å². The number of ether oxygens (including phenoxy) is 1. The second kappa shape index (κ2) is 4.75. The Kier molecular flexibility index (Phi) is 4.68. The van der Waals surface area contributed by atoms with Crippen molar-refractivity contribution < 1.29 is 9.53 Å². The number of hydrogen-bond donors (Lipinski definition) is 0. The van der Waals surface area contributed by atoms with Gasteiger partial charge in [0, 0.05) is 5.75 Å². The number of rotatable bonds is 4. The Balaban J connectivity index is 3.51. The highest BCUT2D eigenvalue weighted by Gasteiger charge is 2.09. The first-order chi connectivity index (χ1) is 5.33. The molecule has 0 unspecified atom stereocenters. The van der Waals surface area contributed by atoms with E-state index >= 15 is 0 Å². The first-order valence-electron chi connectivity index (χ1n) is 4.15. The van der Waals surface area contributed by atoms with Crippen molar-refractivity contribution in [2.24, 2.45) is 5.92 Å². The van der Waals surface area contributed by atoms with Crippen LogP contribution in [0.4, 0.5) is 0 Å². The van der Waals surface area contributed by atoms with E-state index < -0.39 is 10.0 Å². The summed E-state index contributed by atoms with van der Waals surface area (Å²) in [7, 11) is -0.523. The second-order valence-corrected chi connectivity index (χ2v) is 8.71. The molecular weight excluding hydrogens is 172 g/mol. The van der Waals surface area contributed by atoms with E-state index in [0.717, 1.165) is 5.75 Å². The maximum absolute atomic E-state index is 11.0. The Morgan fingerprint density at radius 1 is 1.33 bits per heavy atom. The van der Waals surface area contributed by atoms with Crippen LogP contribution in [0.1, 0.15) is 13.8 Å². The molecule has 2 nitrogen and oxygen atoms in total. The average molecular weight is 192 g/mol. The van der Waals surface area contributed by atoms with Gasteiger partial charge in [-0.15, -0.1) is 0 Å². The molecule has 12 heavy (non-hydrogen) atoms. The van der Waals surface area contributed by atoms with Gasteiger partial charge in [-0.1, -0.05) is 13.8 Å². The summed E-state index contributed by atoms with van der Waals surface area (Å²) in [6.45, 7) is 4.29. The van der Waals surface area contributed by atoms with Crippen LogP contribution in [0, 0.1) is 5.92 Å². The first-order valence-corrected chi connectivity index (χ1v) is 7.18. The van der Waals surface area contributed by atoms with Crippen LogP contribution in [0.3, 0.4) is 0 Å². The summed E-state index contributed by atoms with van der Waals surface area (Å²) in [4.78, 5) is 11.0. The SMILES string of the molecule is CC(C)C(=O)OCCS(C)(C)C. The molecule has 0 bridgehead atoms. The minimum absolute atomic E-state index is 0.0000293. The monoisotopic (exact) mass is 192 g/mol.